The zero-order valence-electron chi connectivity index (χ0n) is 9.86. The van der Waals surface area contributed by atoms with Gasteiger partial charge in [0.05, 0.1) is 0 Å². The van der Waals surface area contributed by atoms with E-state index in [1.165, 1.54) is 0 Å². The van der Waals surface area contributed by atoms with Crippen molar-refractivity contribution in [1.29, 1.82) is 0 Å². The van der Waals surface area contributed by atoms with Gasteiger partial charge in [-0.05, 0) is 12.2 Å². The van der Waals surface area contributed by atoms with E-state index < -0.39 is 0 Å². The van der Waals surface area contributed by atoms with Gasteiger partial charge in [-0.3, -0.25) is 0 Å². The predicted molar refractivity (Wildman–Crippen MR) is 74.3 cm³/mol. The first-order chi connectivity index (χ1) is 8.22. The molecule has 0 unspecified atom stereocenters. The Morgan fingerprint density at radius 2 is 1.89 bits per heavy atom. The number of amidine groups is 1. The van der Waals surface area contributed by atoms with Crippen LogP contribution in [0.3, 0.4) is 0 Å². The van der Waals surface area contributed by atoms with Crippen molar-refractivity contribution in [2.24, 2.45) is 9.98 Å². The molecule has 0 fully saturated rings. The zero-order chi connectivity index (χ0) is 12.5. The molecular formula is C11H11N3O2ReS2-6. The average Bonchev–Trinajstić information content (AvgIpc) is 2.35. The van der Waals surface area contributed by atoms with Crippen LogP contribution >= 0.6 is 0 Å². The van der Waals surface area contributed by atoms with Crippen molar-refractivity contribution in [2.75, 3.05) is 18.8 Å². The van der Waals surface area contributed by atoms with Crippen LogP contribution in [0, 0.1) is 0 Å². The first-order valence-corrected chi connectivity index (χ1v) is 5.97. The molecule has 1 rings (SSSR count). The van der Waals surface area contributed by atoms with E-state index >= 15 is 0 Å². The Morgan fingerprint density at radius 3 is 2.47 bits per heavy atom. The average molecular weight is 468 g/mol. The number of hydrogen-bond acceptors (Lipinski definition) is 5. The number of nitrogens with zero attached hydrogens (tertiary/aromatic N) is 3. The Bertz CT molecular complexity index is 402. The van der Waals surface area contributed by atoms with Crippen LogP contribution in [-0.2, 0) is 51.2 Å². The number of aliphatic imine (C=N–C) groups is 2. The van der Waals surface area contributed by atoms with Crippen molar-refractivity contribution in [1.82, 2.24) is 0 Å². The fraction of sp³-hybridized carbons (Fsp3) is 0.273. The molecule has 0 atom stereocenters. The van der Waals surface area contributed by atoms with Gasteiger partial charge in [0.2, 0.25) is 0 Å². The quantitative estimate of drug-likeness (QED) is 0.277. The molecule has 0 aliphatic heterocycles. The molecule has 107 valence electrons. The summed E-state index contributed by atoms with van der Waals surface area (Å²) >= 11 is 9.51. The Labute approximate surface area is 137 Å². The molecule has 0 heterocycles. The van der Waals surface area contributed by atoms with Crippen LogP contribution in [0.15, 0.2) is 40.3 Å². The second-order valence-electron chi connectivity index (χ2n) is 3.03. The van der Waals surface area contributed by atoms with E-state index in [1.807, 2.05) is 30.3 Å². The van der Waals surface area contributed by atoms with Crippen molar-refractivity contribution in [2.45, 2.75) is 0 Å². The largest absolute Gasteiger partial charge is 2.00 e. The van der Waals surface area contributed by atoms with Crippen LogP contribution in [-0.4, -0.2) is 29.9 Å². The van der Waals surface area contributed by atoms with Crippen molar-refractivity contribution in [3.05, 3.63) is 35.6 Å². The molecule has 19 heavy (non-hydrogen) atoms. The Kier molecular flexibility index (Phi) is 13.5. The standard InChI is InChI=1S/C11H14N3OS2.O.Re/c15-10(8-16)12-6-7-13-11(17)14-9-4-2-1-3-5-9;;/h1-5H,6-8H2,(H3-,12,13,14,15,16,17);;/q-1;-2;/p-3. The molecule has 0 saturated carbocycles. The summed E-state index contributed by atoms with van der Waals surface area (Å²) in [5.74, 6) is -0.278. The van der Waals surface area contributed by atoms with Gasteiger partial charge in [0.1, 0.15) is 0 Å². The SMILES string of the molecule is [O-2].[O-]C(C[S-])=NCC[N-]C([S-])=Nc1ccccc1.[Re]. The van der Waals surface area contributed by atoms with Crippen molar-refractivity contribution in [3.63, 3.8) is 0 Å². The molecule has 1 aromatic carbocycles. The minimum atomic E-state index is -0.291. The van der Waals surface area contributed by atoms with E-state index in [4.69, 9.17) is 12.6 Å². The normalized spacial score (nSPS) is 11.2. The van der Waals surface area contributed by atoms with Gasteiger partial charge in [0, 0.05) is 27.0 Å². The molecule has 0 aliphatic carbocycles. The van der Waals surface area contributed by atoms with E-state index in [0.29, 0.717) is 13.1 Å². The van der Waals surface area contributed by atoms with Gasteiger partial charge in [-0.2, -0.15) is 0 Å². The van der Waals surface area contributed by atoms with Gasteiger partial charge in [0.15, 0.2) is 0 Å². The third-order valence-electron chi connectivity index (χ3n) is 1.74. The molecule has 0 N–H and O–H groups in total. The fourth-order valence-electron chi connectivity index (χ4n) is 1.01. The summed E-state index contributed by atoms with van der Waals surface area (Å²) in [5, 5.41) is 15.1. The van der Waals surface area contributed by atoms with E-state index in [9.17, 15) is 5.11 Å². The van der Waals surface area contributed by atoms with Crippen molar-refractivity contribution >= 4 is 42.0 Å². The van der Waals surface area contributed by atoms with E-state index in [2.05, 4.69) is 27.9 Å². The van der Waals surface area contributed by atoms with Crippen LogP contribution in [0.4, 0.5) is 5.69 Å². The summed E-state index contributed by atoms with van der Waals surface area (Å²) in [5.41, 5.74) is 0.764. The zero-order valence-corrected chi connectivity index (χ0v) is 14.2. The number of hydrogen-bond donors (Lipinski definition) is 0. The van der Waals surface area contributed by atoms with E-state index in [-0.39, 0.29) is 42.7 Å². The maximum absolute atomic E-state index is 10.8. The van der Waals surface area contributed by atoms with Crippen molar-refractivity contribution in [3.8, 4) is 0 Å². The van der Waals surface area contributed by atoms with Crippen molar-refractivity contribution < 1.29 is 31.0 Å². The van der Waals surface area contributed by atoms with Crippen LogP contribution in [0.5, 0.6) is 0 Å². The van der Waals surface area contributed by atoms with Crippen LogP contribution in [0.1, 0.15) is 0 Å². The second kappa shape index (κ2) is 12.4. The molecule has 1 aromatic rings. The summed E-state index contributed by atoms with van der Waals surface area (Å²) < 4.78 is 0. The summed E-state index contributed by atoms with van der Waals surface area (Å²) in [6, 6.07) is 9.33. The molecule has 0 bridgehead atoms. The number of benzene rings is 1. The molecule has 1 radical (unpaired) electrons. The minimum Gasteiger partial charge on any atom is -2.00 e. The fourth-order valence-corrected chi connectivity index (χ4v) is 1.30. The maximum atomic E-state index is 10.8. The van der Waals surface area contributed by atoms with Gasteiger partial charge < -0.3 is 51.1 Å². The first kappa shape index (κ1) is 20.7. The molecule has 0 aliphatic rings. The second-order valence-corrected chi connectivity index (χ2v) is 3.69. The van der Waals surface area contributed by atoms with E-state index in [0.717, 1.165) is 5.69 Å². The van der Waals surface area contributed by atoms with Gasteiger partial charge in [-0.15, -0.1) is 5.75 Å². The molecule has 0 amide bonds. The third kappa shape index (κ3) is 9.87. The van der Waals surface area contributed by atoms with Crippen LogP contribution in [0.2, 0.25) is 0 Å². The number of para-hydroxylation sites is 1. The van der Waals surface area contributed by atoms with Gasteiger partial charge >= 0.3 is 0 Å². The number of rotatable bonds is 5. The molecule has 0 spiro atoms. The first-order valence-electron chi connectivity index (χ1n) is 4.99. The topological polar surface area (TPSA) is 90.4 Å². The Morgan fingerprint density at radius 1 is 1.26 bits per heavy atom. The maximum Gasteiger partial charge on any atom is 0.0369 e. The van der Waals surface area contributed by atoms with Gasteiger partial charge in [-0.25, -0.2) is 5.17 Å². The monoisotopic (exact) mass is 468 g/mol. The Hall–Kier alpha value is -0.648. The van der Waals surface area contributed by atoms with Gasteiger partial charge in [0.25, 0.3) is 0 Å². The van der Waals surface area contributed by atoms with Gasteiger partial charge in [-0.1, -0.05) is 36.2 Å². The molecular weight excluding hydrogens is 456 g/mol. The summed E-state index contributed by atoms with van der Waals surface area (Å²) in [6.45, 7) is 0.663. The molecule has 0 saturated heterocycles. The molecule has 0 aromatic heterocycles. The summed E-state index contributed by atoms with van der Waals surface area (Å²) in [7, 11) is 0. The van der Waals surface area contributed by atoms with Crippen LogP contribution < -0.4 is 5.11 Å². The van der Waals surface area contributed by atoms with E-state index in [1.54, 1.807) is 0 Å². The molecule has 5 nitrogen and oxygen atoms in total. The predicted octanol–water partition coefficient (Wildman–Crippen LogP) is 0.779. The minimum absolute atomic E-state index is 0. The third-order valence-corrected chi connectivity index (χ3v) is 2.21. The Balaban J connectivity index is 0. The van der Waals surface area contributed by atoms with Crippen LogP contribution in [0.25, 0.3) is 5.32 Å². The summed E-state index contributed by atoms with van der Waals surface area (Å²) in [4.78, 5) is 7.80. The smallest absolute Gasteiger partial charge is 0.0369 e. The summed E-state index contributed by atoms with van der Waals surface area (Å²) in [6.07, 6.45) is 0. The molecule has 8 heteroatoms.